The lowest BCUT2D eigenvalue weighted by molar-refractivity contribution is -0.138. The molecule has 120 valence electrons. The van der Waals surface area contributed by atoms with Crippen molar-refractivity contribution in [2.45, 2.75) is 45.1 Å². The summed E-state index contributed by atoms with van der Waals surface area (Å²) in [4.78, 5) is 26.1. The SMILES string of the molecule is Cc1cccc(C)c1NC(=O)CN(C)C(=O)C1(N)CCCC1. The number of amides is 2. The van der Waals surface area contributed by atoms with Gasteiger partial charge in [-0.3, -0.25) is 9.59 Å². The number of nitrogens with zero attached hydrogens (tertiary/aromatic N) is 1. The largest absolute Gasteiger partial charge is 0.335 e. The van der Waals surface area contributed by atoms with Crippen LogP contribution in [0.1, 0.15) is 36.8 Å². The Morgan fingerprint density at radius 2 is 1.77 bits per heavy atom. The van der Waals surface area contributed by atoms with Crippen LogP contribution in [0.15, 0.2) is 18.2 Å². The van der Waals surface area contributed by atoms with Gasteiger partial charge in [-0.05, 0) is 37.8 Å². The summed E-state index contributed by atoms with van der Waals surface area (Å²) < 4.78 is 0. The molecule has 5 nitrogen and oxygen atoms in total. The Labute approximate surface area is 131 Å². The number of hydrogen-bond donors (Lipinski definition) is 2. The van der Waals surface area contributed by atoms with Crippen molar-refractivity contribution in [3.05, 3.63) is 29.3 Å². The lowest BCUT2D eigenvalue weighted by Crippen LogP contribution is -2.53. The molecule has 1 saturated carbocycles. The van der Waals surface area contributed by atoms with E-state index in [1.807, 2.05) is 32.0 Å². The van der Waals surface area contributed by atoms with Gasteiger partial charge in [-0.2, -0.15) is 0 Å². The Morgan fingerprint density at radius 1 is 1.23 bits per heavy atom. The molecule has 0 atom stereocenters. The van der Waals surface area contributed by atoms with E-state index in [1.165, 1.54) is 4.90 Å². The second-order valence-corrected chi connectivity index (χ2v) is 6.34. The van der Waals surface area contributed by atoms with Crippen molar-refractivity contribution in [2.75, 3.05) is 18.9 Å². The van der Waals surface area contributed by atoms with Crippen LogP contribution in [-0.2, 0) is 9.59 Å². The molecular formula is C17H25N3O2. The van der Waals surface area contributed by atoms with Crippen LogP contribution in [0.3, 0.4) is 0 Å². The Kier molecular flexibility index (Phi) is 4.86. The molecule has 0 aromatic heterocycles. The molecule has 1 aromatic rings. The second kappa shape index (κ2) is 6.48. The summed E-state index contributed by atoms with van der Waals surface area (Å²) in [5.41, 5.74) is 8.20. The summed E-state index contributed by atoms with van der Waals surface area (Å²) in [6.45, 7) is 3.92. The first-order valence-electron chi connectivity index (χ1n) is 7.74. The van der Waals surface area contributed by atoms with Gasteiger partial charge < -0.3 is 16.0 Å². The summed E-state index contributed by atoms with van der Waals surface area (Å²) >= 11 is 0. The van der Waals surface area contributed by atoms with Gasteiger partial charge in [0.1, 0.15) is 0 Å². The van der Waals surface area contributed by atoms with Crippen molar-refractivity contribution in [1.29, 1.82) is 0 Å². The minimum Gasteiger partial charge on any atom is -0.335 e. The van der Waals surface area contributed by atoms with Gasteiger partial charge in [-0.1, -0.05) is 31.0 Å². The number of likely N-dealkylation sites (N-methyl/N-ethyl adjacent to an activating group) is 1. The fourth-order valence-corrected chi connectivity index (χ4v) is 3.08. The summed E-state index contributed by atoms with van der Waals surface area (Å²) in [7, 11) is 1.64. The number of anilines is 1. The maximum Gasteiger partial charge on any atom is 0.243 e. The number of carbonyl (C=O) groups excluding carboxylic acids is 2. The van der Waals surface area contributed by atoms with Crippen LogP contribution in [0.25, 0.3) is 0 Å². The molecule has 0 radical (unpaired) electrons. The van der Waals surface area contributed by atoms with E-state index in [2.05, 4.69) is 5.32 Å². The lowest BCUT2D eigenvalue weighted by atomic mass is 9.97. The molecule has 1 fully saturated rings. The number of nitrogens with two attached hydrogens (primary N) is 1. The predicted molar refractivity (Wildman–Crippen MR) is 87.6 cm³/mol. The monoisotopic (exact) mass is 303 g/mol. The zero-order chi connectivity index (χ0) is 16.3. The second-order valence-electron chi connectivity index (χ2n) is 6.34. The first-order valence-corrected chi connectivity index (χ1v) is 7.74. The average Bonchev–Trinajstić information content (AvgIpc) is 2.90. The molecular weight excluding hydrogens is 278 g/mol. The Morgan fingerprint density at radius 3 is 2.32 bits per heavy atom. The topological polar surface area (TPSA) is 75.4 Å². The molecule has 1 aliphatic carbocycles. The van der Waals surface area contributed by atoms with E-state index in [1.54, 1.807) is 7.05 Å². The van der Waals surface area contributed by atoms with E-state index in [9.17, 15) is 9.59 Å². The van der Waals surface area contributed by atoms with Crippen molar-refractivity contribution in [2.24, 2.45) is 5.73 Å². The highest BCUT2D eigenvalue weighted by Gasteiger charge is 2.39. The lowest BCUT2D eigenvalue weighted by Gasteiger charge is -2.28. The standard InChI is InChI=1S/C17H25N3O2/c1-12-7-6-8-13(2)15(12)19-14(21)11-20(3)16(22)17(18)9-4-5-10-17/h6-8H,4-5,9-11,18H2,1-3H3,(H,19,21). The minimum atomic E-state index is -0.784. The molecule has 0 spiro atoms. The molecule has 2 amide bonds. The third kappa shape index (κ3) is 3.47. The smallest absolute Gasteiger partial charge is 0.243 e. The van der Waals surface area contributed by atoms with Crippen molar-refractivity contribution in [3.63, 3.8) is 0 Å². The van der Waals surface area contributed by atoms with Crippen LogP contribution in [0.4, 0.5) is 5.69 Å². The molecule has 3 N–H and O–H groups in total. The van der Waals surface area contributed by atoms with Crippen molar-refractivity contribution >= 4 is 17.5 Å². The van der Waals surface area contributed by atoms with Gasteiger partial charge in [-0.25, -0.2) is 0 Å². The van der Waals surface area contributed by atoms with E-state index in [4.69, 9.17) is 5.73 Å². The molecule has 0 aliphatic heterocycles. The molecule has 0 saturated heterocycles. The normalized spacial score (nSPS) is 16.4. The number of para-hydroxylation sites is 1. The van der Waals surface area contributed by atoms with E-state index in [0.29, 0.717) is 12.8 Å². The molecule has 0 unspecified atom stereocenters. The first-order chi connectivity index (χ1) is 10.3. The number of nitrogens with one attached hydrogen (secondary N) is 1. The van der Waals surface area contributed by atoms with Crippen LogP contribution in [0.2, 0.25) is 0 Å². The highest BCUT2D eigenvalue weighted by Crippen LogP contribution is 2.28. The zero-order valence-electron chi connectivity index (χ0n) is 13.6. The van der Waals surface area contributed by atoms with Crippen LogP contribution >= 0.6 is 0 Å². The van der Waals surface area contributed by atoms with E-state index >= 15 is 0 Å². The summed E-state index contributed by atoms with van der Waals surface area (Å²) in [6.07, 6.45) is 3.36. The van der Waals surface area contributed by atoms with E-state index in [-0.39, 0.29) is 18.4 Å². The molecule has 2 rings (SSSR count). The molecule has 5 heteroatoms. The number of rotatable bonds is 4. The number of carbonyl (C=O) groups is 2. The highest BCUT2D eigenvalue weighted by atomic mass is 16.2. The third-order valence-corrected chi connectivity index (χ3v) is 4.39. The van der Waals surface area contributed by atoms with Gasteiger partial charge in [0, 0.05) is 12.7 Å². The Balaban J connectivity index is 1.98. The van der Waals surface area contributed by atoms with Gasteiger partial charge in [0.15, 0.2) is 0 Å². The fourth-order valence-electron chi connectivity index (χ4n) is 3.08. The van der Waals surface area contributed by atoms with Crippen LogP contribution in [0, 0.1) is 13.8 Å². The zero-order valence-corrected chi connectivity index (χ0v) is 13.6. The quantitative estimate of drug-likeness (QED) is 0.893. The average molecular weight is 303 g/mol. The third-order valence-electron chi connectivity index (χ3n) is 4.39. The molecule has 1 aliphatic rings. The molecule has 0 bridgehead atoms. The summed E-state index contributed by atoms with van der Waals surface area (Å²) in [6, 6.07) is 5.85. The van der Waals surface area contributed by atoms with Crippen LogP contribution in [-0.4, -0.2) is 35.8 Å². The van der Waals surface area contributed by atoms with Crippen molar-refractivity contribution in [3.8, 4) is 0 Å². The van der Waals surface area contributed by atoms with Gasteiger partial charge in [0.25, 0.3) is 0 Å². The molecule has 0 heterocycles. The summed E-state index contributed by atoms with van der Waals surface area (Å²) in [5.74, 6) is -0.337. The number of aryl methyl sites for hydroxylation is 2. The van der Waals surface area contributed by atoms with Crippen molar-refractivity contribution < 1.29 is 9.59 Å². The molecule has 1 aromatic carbocycles. The maximum absolute atomic E-state index is 12.4. The predicted octanol–water partition coefficient (Wildman–Crippen LogP) is 1.97. The minimum absolute atomic E-state index is 0.0194. The van der Waals surface area contributed by atoms with Crippen LogP contribution < -0.4 is 11.1 Å². The van der Waals surface area contributed by atoms with Gasteiger partial charge >= 0.3 is 0 Å². The van der Waals surface area contributed by atoms with Crippen LogP contribution in [0.5, 0.6) is 0 Å². The maximum atomic E-state index is 12.4. The van der Waals surface area contributed by atoms with Gasteiger partial charge in [-0.15, -0.1) is 0 Å². The summed E-state index contributed by atoms with van der Waals surface area (Å²) in [5, 5.41) is 2.89. The Hall–Kier alpha value is -1.88. The fraction of sp³-hybridized carbons (Fsp3) is 0.529. The van der Waals surface area contributed by atoms with E-state index < -0.39 is 5.54 Å². The number of benzene rings is 1. The molecule has 22 heavy (non-hydrogen) atoms. The Bertz CT molecular complexity index is 557. The van der Waals surface area contributed by atoms with Gasteiger partial charge in [0.05, 0.1) is 12.1 Å². The van der Waals surface area contributed by atoms with Crippen molar-refractivity contribution in [1.82, 2.24) is 4.90 Å². The van der Waals surface area contributed by atoms with Gasteiger partial charge in [0.2, 0.25) is 11.8 Å². The number of hydrogen-bond acceptors (Lipinski definition) is 3. The van der Waals surface area contributed by atoms with E-state index in [0.717, 1.165) is 29.7 Å². The highest BCUT2D eigenvalue weighted by molar-refractivity contribution is 5.97. The first kappa shape index (κ1) is 16.5.